The summed E-state index contributed by atoms with van der Waals surface area (Å²) < 4.78 is 9.79. The number of esters is 2. The molecule has 5 nitrogen and oxygen atoms in total. The topological polar surface area (TPSA) is 76.4 Å². The van der Waals surface area contributed by atoms with Gasteiger partial charge in [-0.05, 0) is 43.6 Å². The number of hydrogen-bond donors (Lipinski definition) is 0. The second-order valence-corrected chi connectivity index (χ2v) is 5.91. The first-order valence-electron chi connectivity index (χ1n) is 8.46. The molecular formula is C18H27NO4. The molecule has 128 valence electrons. The van der Waals surface area contributed by atoms with Gasteiger partial charge in [-0.15, -0.1) is 0 Å². The molecule has 1 aliphatic rings. The predicted molar refractivity (Wildman–Crippen MR) is 86.3 cm³/mol. The quantitative estimate of drug-likeness (QED) is 0.296. The molecule has 1 fully saturated rings. The molecule has 1 aliphatic carbocycles. The van der Waals surface area contributed by atoms with Crippen LogP contribution in [-0.4, -0.2) is 25.7 Å². The minimum atomic E-state index is -0.538. The minimum Gasteiger partial charge on any atom is -0.469 e. The normalized spacial score (nSPS) is 22.3. The number of carbonyl (C=O) groups excluding carboxylic acids is 2. The second kappa shape index (κ2) is 10.0. The zero-order valence-corrected chi connectivity index (χ0v) is 14.4. The van der Waals surface area contributed by atoms with Gasteiger partial charge in [0.05, 0.1) is 13.7 Å². The molecule has 1 saturated carbocycles. The monoisotopic (exact) mass is 321 g/mol. The van der Waals surface area contributed by atoms with Gasteiger partial charge in [-0.3, -0.25) is 4.79 Å². The maximum Gasteiger partial charge on any atom is 0.348 e. The fraction of sp³-hybridized carbons (Fsp3) is 0.722. The number of nitriles is 1. The lowest BCUT2D eigenvalue weighted by Gasteiger charge is -2.20. The Labute approximate surface area is 138 Å². The first kappa shape index (κ1) is 19.2. The summed E-state index contributed by atoms with van der Waals surface area (Å²) in [5, 5.41) is 9.39. The molecular weight excluding hydrogens is 294 g/mol. The molecule has 1 rings (SSSR count). The smallest absolute Gasteiger partial charge is 0.348 e. The number of rotatable bonds is 8. The number of methoxy groups -OCH3 is 1. The van der Waals surface area contributed by atoms with Crippen molar-refractivity contribution >= 4 is 11.9 Å². The first-order valence-corrected chi connectivity index (χ1v) is 8.46. The van der Waals surface area contributed by atoms with Crippen LogP contribution in [0.4, 0.5) is 0 Å². The van der Waals surface area contributed by atoms with Gasteiger partial charge >= 0.3 is 11.9 Å². The van der Waals surface area contributed by atoms with Crippen molar-refractivity contribution in [1.29, 1.82) is 5.26 Å². The van der Waals surface area contributed by atoms with Crippen molar-refractivity contribution in [3.8, 4) is 6.07 Å². The van der Waals surface area contributed by atoms with E-state index in [-0.39, 0.29) is 30.0 Å². The van der Waals surface area contributed by atoms with Crippen LogP contribution in [-0.2, 0) is 19.1 Å². The van der Waals surface area contributed by atoms with Crippen molar-refractivity contribution < 1.29 is 19.1 Å². The van der Waals surface area contributed by atoms with Gasteiger partial charge in [-0.25, -0.2) is 4.79 Å². The minimum absolute atomic E-state index is 0.0970. The molecule has 0 aromatic rings. The van der Waals surface area contributed by atoms with E-state index >= 15 is 0 Å². The molecule has 0 N–H and O–H groups in total. The molecule has 5 heteroatoms. The van der Waals surface area contributed by atoms with Gasteiger partial charge in [-0.2, -0.15) is 5.26 Å². The lowest BCUT2D eigenvalue weighted by atomic mass is 9.84. The van der Waals surface area contributed by atoms with Crippen molar-refractivity contribution in [2.75, 3.05) is 13.7 Å². The summed E-state index contributed by atoms with van der Waals surface area (Å²) in [4.78, 5) is 23.7. The van der Waals surface area contributed by atoms with E-state index in [9.17, 15) is 14.9 Å². The molecule has 0 bridgehead atoms. The molecule has 2 unspecified atom stereocenters. The summed E-state index contributed by atoms with van der Waals surface area (Å²) in [6.45, 7) is 4.12. The summed E-state index contributed by atoms with van der Waals surface area (Å²) in [6, 6.07) is 2.03. The average Bonchev–Trinajstić information content (AvgIpc) is 2.91. The number of carbonyl (C=O) groups is 2. The van der Waals surface area contributed by atoms with Crippen molar-refractivity contribution in [3.05, 3.63) is 11.1 Å². The standard InChI is InChI=1S/C18H27NO4/c1-4-6-7-8-14-13(11-17(20)22-3)9-10-15(14)16(12-19)18(21)23-5-2/h13-14H,4-11H2,1-3H3/b16-15-. The largest absolute Gasteiger partial charge is 0.469 e. The van der Waals surface area contributed by atoms with Crippen LogP contribution >= 0.6 is 0 Å². The molecule has 0 radical (unpaired) electrons. The Kier molecular flexibility index (Phi) is 8.39. The third-order valence-corrected chi connectivity index (χ3v) is 4.49. The number of nitrogens with zero attached hydrogens (tertiary/aromatic N) is 1. The van der Waals surface area contributed by atoms with Crippen LogP contribution in [0.15, 0.2) is 11.1 Å². The second-order valence-electron chi connectivity index (χ2n) is 5.91. The molecule has 23 heavy (non-hydrogen) atoms. The summed E-state index contributed by atoms with van der Waals surface area (Å²) in [5.41, 5.74) is 1.01. The number of hydrogen-bond acceptors (Lipinski definition) is 5. The Morgan fingerprint density at radius 2 is 2.04 bits per heavy atom. The van der Waals surface area contributed by atoms with Crippen molar-refractivity contribution in [2.45, 2.75) is 58.8 Å². The Bertz CT molecular complexity index is 490. The van der Waals surface area contributed by atoms with E-state index in [1.807, 2.05) is 6.07 Å². The molecule has 0 saturated heterocycles. The highest BCUT2D eigenvalue weighted by Gasteiger charge is 2.36. The molecule has 2 atom stereocenters. The number of unbranched alkanes of at least 4 members (excludes halogenated alkanes) is 2. The van der Waals surface area contributed by atoms with Gasteiger partial charge in [0.2, 0.25) is 0 Å². The lowest BCUT2D eigenvalue weighted by molar-refractivity contribution is -0.142. The van der Waals surface area contributed by atoms with Crippen LogP contribution in [0.1, 0.15) is 58.8 Å². The number of ether oxygens (including phenoxy) is 2. The van der Waals surface area contributed by atoms with Crippen molar-refractivity contribution in [1.82, 2.24) is 0 Å². The Balaban J connectivity index is 3.00. The van der Waals surface area contributed by atoms with Crippen LogP contribution in [0.5, 0.6) is 0 Å². The zero-order chi connectivity index (χ0) is 17.2. The van der Waals surface area contributed by atoms with Gasteiger partial charge in [0, 0.05) is 6.42 Å². The number of allylic oxidation sites excluding steroid dienone is 1. The Morgan fingerprint density at radius 3 is 2.61 bits per heavy atom. The van der Waals surface area contributed by atoms with Crippen molar-refractivity contribution in [2.24, 2.45) is 11.8 Å². The van der Waals surface area contributed by atoms with E-state index in [0.717, 1.165) is 37.7 Å². The van der Waals surface area contributed by atoms with Gasteiger partial charge in [0.15, 0.2) is 0 Å². The summed E-state index contributed by atoms with van der Waals surface area (Å²) >= 11 is 0. The van der Waals surface area contributed by atoms with Crippen LogP contribution in [0, 0.1) is 23.2 Å². The summed E-state index contributed by atoms with van der Waals surface area (Å²) in [6.07, 6.45) is 5.98. The van der Waals surface area contributed by atoms with Crippen molar-refractivity contribution in [3.63, 3.8) is 0 Å². The third kappa shape index (κ3) is 5.38. The Morgan fingerprint density at radius 1 is 1.30 bits per heavy atom. The highest BCUT2D eigenvalue weighted by atomic mass is 16.5. The average molecular weight is 321 g/mol. The van der Waals surface area contributed by atoms with Gasteiger partial charge in [-0.1, -0.05) is 26.2 Å². The van der Waals surface area contributed by atoms with Crippen LogP contribution in [0.25, 0.3) is 0 Å². The maximum absolute atomic E-state index is 12.0. The molecule has 0 aliphatic heterocycles. The molecule has 0 aromatic heterocycles. The van der Waals surface area contributed by atoms with Gasteiger partial charge < -0.3 is 9.47 Å². The fourth-order valence-electron chi connectivity index (χ4n) is 3.34. The predicted octanol–water partition coefficient (Wildman–Crippen LogP) is 3.54. The maximum atomic E-state index is 12.0. The highest BCUT2D eigenvalue weighted by molar-refractivity contribution is 5.93. The lowest BCUT2D eigenvalue weighted by Crippen LogP contribution is -2.17. The molecule has 0 aromatic carbocycles. The van der Waals surface area contributed by atoms with Crippen LogP contribution < -0.4 is 0 Å². The van der Waals surface area contributed by atoms with Crippen LogP contribution in [0.2, 0.25) is 0 Å². The van der Waals surface area contributed by atoms with E-state index in [0.29, 0.717) is 12.8 Å². The van der Waals surface area contributed by atoms with E-state index in [4.69, 9.17) is 9.47 Å². The Hall–Kier alpha value is -1.83. The molecule has 0 spiro atoms. The van der Waals surface area contributed by atoms with Gasteiger partial charge in [0.25, 0.3) is 0 Å². The third-order valence-electron chi connectivity index (χ3n) is 4.49. The van der Waals surface area contributed by atoms with E-state index in [2.05, 4.69) is 6.92 Å². The highest BCUT2D eigenvalue weighted by Crippen LogP contribution is 2.43. The zero-order valence-electron chi connectivity index (χ0n) is 14.4. The van der Waals surface area contributed by atoms with Gasteiger partial charge in [0.1, 0.15) is 11.6 Å². The SMILES string of the molecule is CCCCCC1/C(=C(/C#N)C(=O)OCC)CCC1CC(=O)OC. The van der Waals surface area contributed by atoms with Crippen LogP contribution in [0.3, 0.4) is 0 Å². The molecule has 0 amide bonds. The fourth-order valence-corrected chi connectivity index (χ4v) is 3.34. The summed E-state index contributed by atoms with van der Waals surface area (Å²) in [7, 11) is 1.39. The van der Waals surface area contributed by atoms with E-state index in [1.165, 1.54) is 7.11 Å². The molecule has 0 heterocycles. The van der Waals surface area contributed by atoms with E-state index < -0.39 is 5.97 Å². The summed E-state index contributed by atoms with van der Waals surface area (Å²) in [5.74, 6) is -0.526. The first-order chi connectivity index (χ1) is 11.1. The van der Waals surface area contributed by atoms with E-state index in [1.54, 1.807) is 6.92 Å².